The molecule has 13 heavy (non-hydrogen) atoms. The van der Waals surface area contributed by atoms with Gasteiger partial charge in [0.15, 0.2) is 0 Å². The first-order valence-electron chi connectivity index (χ1n) is 5.11. The third kappa shape index (κ3) is 1.75. The number of unbranched alkanes of at least 4 members (excludes halogenated alkanes) is 1. The van der Waals surface area contributed by atoms with Crippen LogP contribution < -0.4 is 0 Å². The Balaban J connectivity index is 1.87. The van der Waals surface area contributed by atoms with Gasteiger partial charge in [0, 0.05) is 13.0 Å². The van der Waals surface area contributed by atoms with Crippen molar-refractivity contribution in [3.05, 3.63) is 35.4 Å². The molecule has 0 N–H and O–H groups in total. The fraction of sp³-hybridized carbons (Fsp3) is 0.500. The van der Waals surface area contributed by atoms with E-state index < -0.39 is 0 Å². The van der Waals surface area contributed by atoms with Crippen LogP contribution in [0.4, 0.5) is 0 Å². The predicted molar refractivity (Wildman–Crippen MR) is 53.7 cm³/mol. The number of hydrogen-bond acceptors (Lipinski definition) is 1. The van der Waals surface area contributed by atoms with E-state index in [9.17, 15) is 0 Å². The van der Waals surface area contributed by atoms with Crippen molar-refractivity contribution < 1.29 is 4.74 Å². The van der Waals surface area contributed by atoms with Gasteiger partial charge in [0.1, 0.15) is 0 Å². The summed E-state index contributed by atoms with van der Waals surface area (Å²) in [6.07, 6.45) is 3.90. The quantitative estimate of drug-likeness (QED) is 0.640. The Hall–Kier alpha value is -0.820. The van der Waals surface area contributed by atoms with Crippen molar-refractivity contribution in [1.82, 2.24) is 0 Å². The number of hydrogen-bond donors (Lipinski definition) is 0. The highest BCUT2D eigenvalue weighted by Crippen LogP contribution is 2.35. The summed E-state index contributed by atoms with van der Waals surface area (Å²) >= 11 is 0. The molecule has 0 heterocycles. The Morgan fingerprint density at radius 3 is 3.00 bits per heavy atom. The second-order valence-electron chi connectivity index (χ2n) is 3.62. The van der Waals surface area contributed by atoms with Crippen molar-refractivity contribution in [2.45, 2.75) is 32.3 Å². The number of rotatable bonds is 4. The lowest BCUT2D eigenvalue weighted by Crippen LogP contribution is -2.20. The van der Waals surface area contributed by atoms with E-state index in [2.05, 4.69) is 31.2 Å². The molecule has 0 radical (unpaired) electrons. The lowest BCUT2D eigenvalue weighted by atomic mass is 9.85. The van der Waals surface area contributed by atoms with Gasteiger partial charge in [-0.15, -0.1) is 0 Å². The third-order valence-corrected chi connectivity index (χ3v) is 2.62. The molecule has 0 saturated heterocycles. The lowest BCUT2D eigenvalue weighted by Gasteiger charge is -2.29. The van der Waals surface area contributed by atoms with Crippen LogP contribution in [-0.2, 0) is 11.2 Å². The fourth-order valence-electron chi connectivity index (χ4n) is 1.73. The van der Waals surface area contributed by atoms with Gasteiger partial charge in [-0.05, 0) is 17.5 Å². The van der Waals surface area contributed by atoms with Crippen molar-refractivity contribution in [1.29, 1.82) is 0 Å². The normalized spacial score (nSPS) is 19.3. The molecule has 0 fully saturated rings. The van der Waals surface area contributed by atoms with Gasteiger partial charge >= 0.3 is 0 Å². The minimum absolute atomic E-state index is 0.391. The van der Waals surface area contributed by atoms with Crippen LogP contribution in [0, 0.1) is 0 Å². The smallest absolute Gasteiger partial charge is 0.0868 e. The van der Waals surface area contributed by atoms with Crippen LogP contribution in [-0.4, -0.2) is 6.61 Å². The molecule has 0 amide bonds. The zero-order valence-corrected chi connectivity index (χ0v) is 8.12. The number of fused-ring (bicyclic) bond motifs is 1. The Kier molecular flexibility index (Phi) is 2.65. The highest BCUT2D eigenvalue weighted by Gasteiger charge is 2.25. The summed E-state index contributed by atoms with van der Waals surface area (Å²) in [4.78, 5) is 0. The Labute approximate surface area is 79.7 Å². The van der Waals surface area contributed by atoms with Crippen molar-refractivity contribution in [3.63, 3.8) is 0 Å². The van der Waals surface area contributed by atoms with Gasteiger partial charge < -0.3 is 4.74 Å². The van der Waals surface area contributed by atoms with Crippen LogP contribution >= 0.6 is 0 Å². The molecule has 1 atom stereocenters. The first kappa shape index (κ1) is 8.76. The van der Waals surface area contributed by atoms with E-state index in [1.54, 1.807) is 0 Å². The molecule has 1 aliphatic carbocycles. The summed E-state index contributed by atoms with van der Waals surface area (Å²) in [5, 5.41) is 0. The van der Waals surface area contributed by atoms with E-state index in [-0.39, 0.29) is 0 Å². The SMILES string of the molecule is CCCCOC1Cc2ccccc21. The first-order chi connectivity index (χ1) is 6.42. The van der Waals surface area contributed by atoms with Gasteiger partial charge in [-0.25, -0.2) is 0 Å². The van der Waals surface area contributed by atoms with Gasteiger partial charge in [0.05, 0.1) is 6.10 Å². The van der Waals surface area contributed by atoms with Gasteiger partial charge in [0.2, 0.25) is 0 Å². The molecule has 0 aliphatic heterocycles. The van der Waals surface area contributed by atoms with Gasteiger partial charge in [-0.1, -0.05) is 37.6 Å². The molecular formula is C12H16O. The van der Waals surface area contributed by atoms with Crippen molar-refractivity contribution in [2.24, 2.45) is 0 Å². The molecule has 0 bridgehead atoms. The van der Waals surface area contributed by atoms with Crippen LogP contribution in [0.25, 0.3) is 0 Å². The second-order valence-corrected chi connectivity index (χ2v) is 3.62. The average molecular weight is 176 g/mol. The molecule has 0 saturated carbocycles. The lowest BCUT2D eigenvalue weighted by molar-refractivity contribution is 0.0352. The second kappa shape index (κ2) is 3.93. The minimum Gasteiger partial charge on any atom is -0.373 e. The zero-order chi connectivity index (χ0) is 9.10. The number of ether oxygens (including phenoxy) is 1. The molecule has 1 nitrogen and oxygen atoms in total. The maximum atomic E-state index is 5.74. The zero-order valence-electron chi connectivity index (χ0n) is 8.12. The molecular weight excluding hydrogens is 160 g/mol. The summed E-state index contributed by atoms with van der Waals surface area (Å²) < 4.78 is 5.74. The van der Waals surface area contributed by atoms with E-state index in [1.807, 2.05) is 0 Å². The van der Waals surface area contributed by atoms with Crippen LogP contribution in [0.15, 0.2) is 24.3 Å². The summed E-state index contributed by atoms with van der Waals surface area (Å²) in [6, 6.07) is 8.56. The molecule has 1 heteroatoms. The van der Waals surface area contributed by atoms with Gasteiger partial charge in [-0.3, -0.25) is 0 Å². The first-order valence-corrected chi connectivity index (χ1v) is 5.11. The molecule has 0 aromatic heterocycles. The maximum absolute atomic E-state index is 5.74. The number of benzene rings is 1. The third-order valence-electron chi connectivity index (χ3n) is 2.62. The standard InChI is InChI=1S/C12H16O/c1-2-3-8-13-12-9-10-6-4-5-7-11(10)12/h4-7,12H,2-3,8-9H2,1H3. The Morgan fingerprint density at radius 2 is 2.23 bits per heavy atom. The van der Waals surface area contributed by atoms with E-state index >= 15 is 0 Å². The van der Waals surface area contributed by atoms with Crippen LogP contribution in [0.2, 0.25) is 0 Å². The largest absolute Gasteiger partial charge is 0.373 e. The summed E-state index contributed by atoms with van der Waals surface area (Å²) in [7, 11) is 0. The predicted octanol–water partition coefficient (Wildman–Crippen LogP) is 3.10. The molecule has 1 aliphatic rings. The monoisotopic (exact) mass is 176 g/mol. The molecule has 0 spiro atoms. The summed E-state index contributed by atoms with van der Waals surface area (Å²) in [5.41, 5.74) is 2.86. The molecule has 70 valence electrons. The average Bonchev–Trinajstić information content (AvgIpc) is 2.13. The Bertz CT molecular complexity index is 280. The minimum atomic E-state index is 0.391. The van der Waals surface area contributed by atoms with Crippen molar-refractivity contribution >= 4 is 0 Å². The van der Waals surface area contributed by atoms with Gasteiger partial charge in [0.25, 0.3) is 0 Å². The topological polar surface area (TPSA) is 9.23 Å². The van der Waals surface area contributed by atoms with E-state index in [0.29, 0.717) is 6.10 Å². The maximum Gasteiger partial charge on any atom is 0.0868 e. The summed E-state index contributed by atoms with van der Waals surface area (Å²) in [5.74, 6) is 0. The van der Waals surface area contributed by atoms with E-state index in [1.165, 1.54) is 24.0 Å². The molecule has 1 aromatic rings. The molecule has 2 rings (SSSR count). The molecule has 1 aromatic carbocycles. The van der Waals surface area contributed by atoms with Crippen molar-refractivity contribution in [2.75, 3.05) is 6.61 Å². The highest BCUT2D eigenvalue weighted by atomic mass is 16.5. The van der Waals surface area contributed by atoms with Crippen LogP contribution in [0.3, 0.4) is 0 Å². The van der Waals surface area contributed by atoms with Crippen molar-refractivity contribution in [3.8, 4) is 0 Å². The summed E-state index contributed by atoms with van der Waals surface area (Å²) in [6.45, 7) is 3.10. The molecule has 1 unspecified atom stereocenters. The van der Waals surface area contributed by atoms with Crippen LogP contribution in [0.1, 0.15) is 37.0 Å². The van der Waals surface area contributed by atoms with Crippen LogP contribution in [0.5, 0.6) is 0 Å². The van der Waals surface area contributed by atoms with E-state index in [0.717, 1.165) is 13.0 Å². The fourth-order valence-corrected chi connectivity index (χ4v) is 1.73. The van der Waals surface area contributed by atoms with Gasteiger partial charge in [-0.2, -0.15) is 0 Å². The highest BCUT2D eigenvalue weighted by molar-refractivity contribution is 5.37. The Morgan fingerprint density at radius 1 is 1.38 bits per heavy atom. The van der Waals surface area contributed by atoms with E-state index in [4.69, 9.17) is 4.74 Å².